The van der Waals surface area contributed by atoms with Gasteiger partial charge in [-0.05, 0) is 62.2 Å². The largest absolute Gasteiger partial charge is 0.497 e. The van der Waals surface area contributed by atoms with Crippen molar-refractivity contribution in [2.75, 3.05) is 37.4 Å². The van der Waals surface area contributed by atoms with Crippen molar-refractivity contribution in [3.05, 3.63) is 54.1 Å². The van der Waals surface area contributed by atoms with Crippen LogP contribution in [-0.2, 0) is 26.2 Å². The van der Waals surface area contributed by atoms with Crippen LogP contribution < -0.4 is 19.1 Å². The van der Waals surface area contributed by atoms with E-state index < -0.39 is 28.5 Å². The smallest absolute Gasteiger partial charge is 0.244 e. The Morgan fingerprint density at radius 2 is 1.71 bits per heavy atom. The van der Waals surface area contributed by atoms with E-state index in [1.54, 1.807) is 56.5 Å². The van der Waals surface area contributed by atoms with E-state index in [1.807, 2.05) is 19.9 Å². The Balaban J connectivity index is 2.41. The molecule has 0 heterocycles. The van der Waals surface area contributed by atoms with Gasteiger partial charge in [-0.15, -0.1) is 0 Å². The third-order valence-electron chi connectivity index (χ3n) is 5.34. The summed E-state index contributed by atoms with van der Waals surface area (Å²) in [6.45, 7) is 6.02. The van der Waals surface area contributed by atoms with E-state index in [1.165, 1.54) is 4.90 Å². The summed E-state index contributed by atoms with van der Waals surface area (Å²) in [5.74, 6) is 0.425. The van der Waals surface area contributed by atoms with Crippen LogP contribution in [0.2, 0.25) is 0 Å². The van der Waals surface area contributed by atoms with Gasteiger partial charge in [0.15, 0.2) is 0 Å². The molecule has 0 aliphatic rings. The van der Waals surface area contributed by atoms with Gasteiger partial charge in [-0.1, -0.05) is 19.1 Å². The predicted octanol–water partition coefficient (Wildman–Crippen LogP) is 2.80. The first-order valence-electron chi connectivity index (χ1n) is 11.5. The van der Waals surface area contributed by atoms with Gasteiger partial charge in [0, 0.05) is 13.1 Å². The summed E-state index contributed by atoms with van der Waals surface area (Å²) in [5.41, 5.74) is 1.09. The highest BCUT2D eigenvalue weighted by Crippen LogP contribution is 2.23. The zero-order valence-corrected chi connectivity index (χ0v) is 21.8. The van der Waals surface area contributed by atoms with Crippen LogP contribution in [0.1, 0.15) is 32.8 Å². The molecular formula is C25H35N3O6S. The molecule has 2 aromatic carbocycles. The second-order valence-corrected chi connectivity index (χ2v) is 9.80. The number of methoxy groups -OCH3 is 1. The number of ether oxygens (including phenoxy) is 2. The molecule has 1 atom stereocenters. The Labute approximate surface area is 208 Å². The number of benzene rings is 2. The molecule has 10 heteroatoms. The fraction of sp³-hybridized carbons (Fsp3) is 0.440. The Hall–Kier alpha value is -3.27. The minimum atomic E-state index is -3.79. The van der Waals surface area contributed by atoms with Crippen LogP contribution in [0.25, 0.3) is 0 Å². The van der Waals surface area contributed by atoms with Crippen LogP contribution in [0.5, 0.6) is 11.5 Å². The quantitative estimate of drug-likeness (QED) is 0.449. The maximum atomic E-state index is 13.6. The molecule has 0 spiro atoms. The van der Waals surface area contributed by atoms with Crippen LogP contribution in [0.15, 0.2) is 48.5 Å². The maximum absolute atomic E-state index is 13.6. The third-order valence-corrected chi connectivity index (χ3v) is 6.48. The standard InChI is InChI=1S/C25H35N3O6S/c1-6-23(25(30)26-7-2)27(17-19-10-9-11-22(16-19)33-4)24(29)18-28(35(5,31)32)20-12-14-21(15-13-20)34-8-3/h9-16,23H,6-8,17-18H2,1-5H3,(H,26,30)/t23-/m1/s1. The Morgan fingerprint density at radius 3 is 2.26 bits per heavy atom. The average Bonchev–Trinajstić information content (AvgIpc) is 2.82. The molecule has 9 nitrogen and oxygen atoms in total. The lowest BCUT2D eigenvalue weighted by Gasteiger charge is -2.32. The number of anilines is 1. The number of nitrogens with zero attached hydrogens (tertiary/aromatic N) is 2. The van der Waals surface area contributed by atoms with Gasteiger partial charge >= 0.3 is 0 Å². The lowest BCUT2D eigenvalue weighted by atomic mass is 10.1. The fourth-order valence-corrected chi connectivity index (χ4v) is 4.52. The van der Waals surface area contributed by atoms with Gasteiger partial charge < -0.3 is 19.7 Å². The van der Waals surface area contributed by atoms with Gasteiger partial charge in [0.2, 0.25) is 21.8 Å². The summed E-state index contributed by atoms with van der Waals surface area (Å²) in [6.07, 6.45) is 1.41. The molecule has 0 radical (unpaired) electrons. The van der Waals surface area contributed by atoms with E-state index in [0.717, 1.165) is 16.1 Å². The van der Waals surface area contributed by atoms with Crippen molar-refractivity contribution in [3.8, 4) is 11.5 Å². The molecule has 2 aromatic rings. The van der Waals surface area contributed by atoms with Gasteiger partial charge in [0.05, 0.1) is 25.7 Å². The number of hydrogen-bond donors (Lipinski definition) is 1. The van der Waals surface area contributed by atoms with Crippen molar-refractivity contribution in [2.45, 2.75) is 39.8 Å². The number of sulfonamides is 1. The zero-order chi connectivity index (χ0) is 26.0. The molecule has 0 aliphatic heterocycles. The predicted molar refractivity (Wildman–Crippen MR) is 136 cm³/mol. The molecule has 0 bridgehead atoms. The first-order chi connectivity index (χ1) is 16.6. The second-order valence-electron chi connectivity index (χ2n) is 7.89. The molecule has 35 heavy (non-hydrogen) atoms. The van der Waals surface area contributed by atoms with Crippen molar-refractivity contribution in [3.63, 3.8) is 0 Å². The van der Waals surface area contributed by atoms with Crippen molar-refractivity contribution >= 4 is 27.5 Å². The van der Waals surface area contributed by atoms with Crippen molar-refractivity contribution in [1.82, 2.24) is 10.2 Å². The number of hydrogen-bond acceptors (Lipinski definition) is 6. The summed E-state index contributed by atoms with van der Waals surface area (Å²) in [6, 6.07) is 12.9. The molecule has 0 unspecified atom stereocenters. The minimum Gasteiger partial charge on any atom is -0.497 e. The SMILES string of the molecule is CCNC(=O)[C@@H](CC)N(Cc1cccc(OC)c1)C(=O)CN(c1ccc(OCC)cc1)S(C)(=O)=O. The molecule has 0 aromatic heterocycles. The second kappa shape index (κ2) is 13.0. The van der Waals surface area contributed by atoms with Crippen molar-refractivity contribution in [2.24, 2.45) is 0 Å². The van der Waals surface area contributed by atoms with Crippen LogP contribution >= 0.6 is 0 Å². The number of carbonyl (C=O) groups excluding carboxylic acids is 2. The first-order valence-corrected chi connectivity index (χ1v) is 13.4. The summed E-state index contributed by atoms with van der Waals surface area (Å²) >= 11 is 0. The van der Waals surface area contributed by atoms with E-state index in [9.17, 15) is 18.0 Å². The van der Waals surface area contributed by atoms with Gasteiger partial charge in [0.25, 0.3) is 0 Å². The van der Waals surface area contributed by atoms with E-state index in [0.29, 0.717) is 36.8 Å². The van der Waals surface area contributed by atoms with E-state index in [2.05, 4.69) is 5.32 Å². The Morgan fingerprint density at radius 1 is 1.03 bits per heavy atom. The first kappa shape index (κ1) is 28.0. The van der Waals surface area contributed by atoms with Crippen LogP contribution in [-0.4, -0.2) is 64.2 Å². The number of nitrogens with one attached hydrogen (secondary N) is 1. The molecule has 2 amide bonds. The number of amides is 2. The fourth-order valence-electron chi connectivity index (χ4n) is 3.67. The van der Waals surface area contributed by atoms with Crippen molar-refractivity contribution < 1.29 is 27.5 Å². The minimum absolute atomic E-state index is 0.118. The molecule has 0 aliphatic carbocycles. The monoisotopic (exact) mass is 505 g/mol. The maximum Gasteiger partial charge on any atom is 0.244 e. The highest BCUT2D eigenvalue weighted by atomic mass is 32.2. The van der Waals surface area contributed by atoms with Crippen LogP contribution in [0.3, 0.4) is 0 Å². The summed E-state index contributed by atoms with van der Waals surface area (Å²) in [4.78, 5) is 27.8. The third kappa shape index (κ3) is 7.88. The van der Waals surface area contributed by atoms with Crippen LogP contribution in [0, 0.1) is 0 Å². The molecule has 2 rings (SSSR count). The summed E-state index contributed by atoms with van der Waals surface area (Å²) in [7, 11) is -2.25. The lowest BCUT2D eigenvalue weighted by molar-refractivity contribution is -0.140. The highest BCUT2D eigenvalue weighted by Gasteiger charge is 2.31. The lowest BCUT2D eigenvalue weighted by Crippen LogP contribution is -2.52. The van der Waals surface area contributed by atoms with E-state index in [4.69, 9.17) is 9.47 Å². The molecular weight excluding hydrogens is 470 g/mol. The van der Waals surface area contributed by atoms with Gasteiger partial charge in [0.1, 0.15) is 24.1 Å². The van der Waals surface area contributed by atoms with Crippen LogP contribution in [0.4, 0.5) is 5.69 Å². The normalized spacial score (nSPS) is 11.9. The Bertz CT molecular complexity index is 1090. The summed E-state index contributed by atoms with van der Waals surface area (Å²) in [5, 5.41) is 2.77. The highest BCUT2D eigenvalue weighted by molar-refractivity contribution is 7.92. The molecule has 0 saturated heterocycles. The topological polar surface area (TPSA) is 105 Å². The van der Waals surface area contributed by atoms with E-state index in [-0.39, 0.29) is 12.5 Å². The molecule has 0 saturated carbocycles. The van der Waals surface area contributed by atoms with Gasteiger partial charge in [-0.3, -0.25) is 13.9 Å². The number of likely N-dealkylation sites (N-methyl/N-ethyl adjacent to an activating group) is 1. The molecule has 192 valence electrons. The van der Waals surface area contributed by atoms with E-state index >= 15 is 0 Å². The zero-order valence-electron chi connectivity index (χ0n) is 21.0. The number of carbonyl (C=O) groups is 2. The van der Waals surface area contributed by atoms with Gasteiger partial charge in [-0.2, -0.15) is 0 Å². The molecule has 0 fully saturated rings. The molecule has 1 N–H and O–H groups in total. The average molecular weight is 506 g/mol. The van der Waals surface area contributed by atoms with Crippen molar-refractivity contribution in [1.29, 1.82) is 0 Å². The summed E-state index contributed by atoms with van der Waals surface area (Å²) < 4.78 is 37.0. The Kier molecular flexibility index (Phi) is 10.4. The number of rotatable bonds is 13. The van der Waals surface area contributed by atoms with Gasteiger partial charge in [-0.25, -0.2) is 8.42 Å².